The summed E-state index contributed by atoms with van der Waals surface area (Å²) in [6.45, 7) is 1.50. The molecular weight excluding hydrogens is 294 g/mol. The number of aliphatic hydroxyl groups is 3. The lowest BCUT2D eigenvalue weighted by molar-refractivity contribution is 0.0707. The fraction of sp³-hybridized carbons (Fsp3) is 0.571. The second-order valence-corrected chi connectivity index (χ2v) is 7.20. The lowest BCUT2D eigenvalue weighted by atomic mass is 9.97. The molecule has 0 aliphatic carbocycles. The van der Waals surface area contributed by atoms with Crippen LogP contribution in [-0.4, -0.2) is 55.3 Å². The van der Waals surface area contributed by atoms with Gasteiger partial charge in [0.25, 0.3) is 0 Å². The highest BCUT2D eigenvalue weighted by molar-refractivity contribution is 7.90. The normalized spacial score (nSPS) is 14.1. The number of hydrogen-bond acceptors (Lipinski definition) is 6. The van der Waals surface area contributed by atoms with Crippen molar-refractivity contribution in [1.29, 1.82) is 0 Å². The lowest BCUT2D eigenvalue weighted by Crippen LogP contribution is -2.52. The van der Waals surface area contributed by atoms with Gasteiger partial charge in [0.1, 0.15) is 0 Å². The van der Waals surface area contributed by atoms with Crippen LogP contribution in [0.4, 0.5) is 0 Å². The predicted octanol–water partition coefficient (Wildman–Crippen LogP) is -0.153. The zero-order valence-corrected chi connectivity index (χ0v) is 13.1. The minimum Gasteiger partial charge on any atom is -0.394 e. The molecule has 0 aromatic heterocycles. The van der Waals surface area contributed by atoms with Gasteiger partial charge in [-0.15, -0.1) is 0 Å². The number of benzene rings is 1. The van der Waals surface area contributed by atoms with Gasteiger partial charge in [0.2, 0.25) is 0 Å². The maximum atomic E-state index is 11.4. The molecule has 0 aliphatic rings. The highest BCUT2D eigenvalue weighted by atomic mass is 32.2. The Balaban J connectivity index is 2.74. The Hall–Kier alpha value is -0.990. The first-order valence-electron chi connectivity index (χ1n) is 6.73. The van der Waals surface area contributed by atoms with Gasteiger partial charge in [-0.3, -0.25) is 0 Å². The van der Waals surface area contributed by atoms with Gasteiger partial charge in [-0.05, 0) is 24.1 Å². The van der Waals surface area contributed by atoms with Crippen molar-refractivity contribution in [3.05, 3.63) is 29.8 Å². The van der Waals surface area contributed by atoms with Crippen molar-refractivity contribution in [3.63, 3.8) is 0 Å². The topological polar surface area (TPSA) is 107 Å². The van der Waals surface area contributed by atoms with Gasteiger partial charge in [-0.2, -0.15) is 0 Å². The molecule has 0 spiro atoms. The first-order valence-corrected chi connectivity index (χ1v) is 8.62. The molecule has 1 rings (SSSR count). The summed E-state index contributed by atoms with van der Waals surface area (Å²) in [6.07, 6.45) is 0.778. The Morgan fingerprint density at radius 1 is 1.19 bits per heavy atom. The van der Waals surface area contributed by atoms with E-state index >= 15 is 0 Å². The van der Waals surface area contributed by atoms with Gasteiger partial charge in [-0.1, -0.05) is 19.1 Å². The van der Waals surface area contributed by atoms with Crippen LogP contribution in [-0.2, 0) is 9.84 Å². The summed E-state index contributed by atoms with van der Waals surface area (Å²) in [5, 5.41) is 31.7. The molecule has 4 N–H and O–H groups in total. The second-order valence-electron chi connectivity index (χ2n) is 5.19. The summed E-state index contributed by atoms with van der Waals surface area (Å²) < 4.78 is 22.7. The molecule has 0 bridgehead atoms. The first kappa shape index (κ1) is 18.1. The smallest absolute Gasteiger partial charge is 0.175 e. The van der Waals surface area contributed by atoms with E-state index in [1.807, 2.05) is 6.92 Å². The Kier molecular flexibility index (Phi) is 6.30. The molecule has 0 saturated heterocycles. The molecule has 6 nitrogen and oxygen atoms in total. The molecule has 1 aromatic carbocycles. The highest BCUT2D eigenvalue weighted by Gasteiger charge is 2.26. The summed E-state index contributed by atoms with van der Waals surface area (Å²) in [4.78, 5) is 0.194. The maximum Gasteiger partial charge on any atom is 0.175 e. The zero-order valence-electron chi connectivity index (χ0n) is 12.3. The van der Waals surface area contributed by atoms with Crippen molar-refractivity contribution in [2.75, 3.05) is 26.0 Å². The van der Waals surface area contributed by atoms with Crippen molar-refractivity contribution in [1.82, 2.24) is 5.32 Å². The monoisotopic (exact) mass is 317 g/mol. The van der Waals surface area contributed by atoms with E-state index in [1.54, 1.807) is 12.1 Å². The number of aliphatic hydroxyl groups excluding tert-OH is 3. The lowest BCUT2D eigenvalue weighted by Gasteiger charge is -2.31. The molecule has 0 fully saturated rings. The molecule has 1 atom stereocenters. The molecule has 120 valence electrons. The molecule has 0 aliphatic heterocycles. The van der Waals surface area contributed by atoms with E-state index in [9.17, 15) is 23.7 Å². The van der Waals surface area contributed by atoms with Crippen LogP contribution in [0.2, 0.25) is 0 Å². The van der Waals surface area contributed by atoms with Crippen LogP contribution in [0.25, 0.3) is 0 Å². The van der Waals surface area contributed by atoms with Gasteiger partial charge in [0.15, 0.2) is 9.84 Å². The third-order valence-electron chi connectivity index (χ3n) is 3.65. The molecule has 7 heteroatoms. The summed E-state index contributed by atoms with van der Waals surface area (Å²) in [5.41, 5.74) is -0.260. The maximum absolute atomic E-state index is 11.4. The quantitative estimate of drug-likeness (QED) is 0.531. The third-order valence-corrected chi connectivity index (χ3v) is 4.77. The average Bonchev–Trinajstić information content (AvgIpc) is 2.48. The Labute approximate surface area is 125 Å². The van der Waals surface area contributed by atoms with E-state index in [1.165, 1.54) is 12.1 Å². The highest BCUT2D eigenvalue weighted by Crippen LogP contribution is 2.17. The van der Waals surface area contributed by atoms with Crippen molar-refractivity contribution in [3.8, 4) is 0 Å². The molecule has 0 saturated carbocycles. The number of β-amino-alcohol motifs (C(OH)–C–C–N with tert-alkyl or cyclic N) is 1. The van der Waals surface area contributed by atoms with Crippen LogP contribution < -0.4 is 5.32 Å². The minimum atomic E-state index is -3.26. The van der Waals surface area contributed by atoms with Crippen molar-refractivity contribution >= 4 is 9.84 Å². The predicted molar refractivity (Wildman–Crippen MR) is 79.7 cm³/mol. The van der Waals surface area contributed by atoms with Gasteiger partial charge >= 0.3 is 0 Å². The molecule has 0 radical (unpaired) electrons. The number of hydrogen-bond donors (Lipinski definition) is 4. The Bertz CT molecular complexity index is 529. The number of rotatable bonds is 8. The standard InChI is InChI=1S/C14H23NO5S/c1-3-14(9-16,10-17)15-8-13(18)11-4-6-12(7-5-11)21(2,19)20/h4-7,13,15-18H,3,8-10H2,1-2H3. The summed E-state index contributed by atoms with van der Waals surface area (Å²) in [6, 6.07) is 5.99. The molecule has 0 heterocycles. The van der Waals surface area contributed by atoms with Gasteiger partial charge in [0, 0.05) is 12.8 Å². The van der Waals surface area contributed by atoms with Crippen molar-refractivity contribution in [2.24, 2.45) is 0 Å². The Morgan fingerprint density at radius 2 is 1.71 bits per heavy atom. The minimum absolute atomic E-state index is 0.146. The molecule has 1 aromatic rings. The van der Waals surface area contributed by atoms with Crippen LogP contribution in [0.1, 0.15) is 25.0 Å². The molecule has 1 unspecified atom stereocenters. The van der Waals surface area contributed by atoms with Crippen LogP contribution in [0.15, 0.2) is 29.2 Å². The van der Waals surface area contributed by atoms with Gasteiger partial charge in [-0.25, -0.2) is 8.42 Å². The fourth-order valence-corrected chi connectivity index (χ4v) is 2.51. The Morgan fingerprint density at radius 3 is 2.10 bits per heavy atom. The van der Waals surface area contributed by atoms with Crippen LogP contribution >= 0.6 is 0 Å². The number of sulfone groups is 1. The van der Waals surface area contributed by atoms with E-state index in [4.69, 9.17) is 0 Å². The van der Waals surface area contributed by atoms with Crippen molar-refractivity contribution in [2.45, 2.75) is 29.9 Å². The van der Waals surface area contributed by atoms with Crippen molar-refractivity contribution < 1.29 is 23.7 Å². The van der Waals surface area contributed by atoms with Gasteiger partial charge < -0.3 is 20.6 Å². The summed E-state index contributed by atoms with van der Waals surface area (Å²) in [7, 11) is -3.26. The van der Waals surface area contributed by atoms with E-state index in [0.717, 1.165) is 6.26 Å². The van der Waals surface area contributed by atoms with Crippen LogP contribution in [0, 0.1) is 0 Å². The summed E-state index contributed by atoms with van der Waals surface area (Å²) >= 11 is 0. The van der Waals surface area contributed by atoms with E-state index < -0.39 is 21.5 Å². The summed E-state index contributed by atoms with van der Waals surface area (Å²) in [5.74, 6) is 0. The molecular formula is C14H23NO5S. The largest absolute Gasteiger partial charge is 0.394 e. The molecule has 21 heavy (non-hydrogen) atoms. The van der Waals surface area contributed by atoms with E-state index in [-0.39, 0.29) is 24.7 Å². The SMILES string of the molecule is CCC(CO)(CO)NCC(O)c1ccc(S(C)(=O)=O)cc1. The van der Waals surface area contributed by atoms with Crippen LogP contribution in [0.3, 0.4) is 0 Å². The zero-order chi connectivity index (χ0) is 16.1. The fourth-order valence-electron chi connectivity index (χ4n) is 1.88. The third kappa shape index (κ3) is 4.76. The van der Waals surface area contributed by atoms with Gasteiger partial charge in [0.05, 0.1) is 29.8 Å². The average molecular weight is 317 g/mol. The molecule has 0 amide bonds. The second kappa shape index (κ2) is 7.33. The van der Waals surface area contributed by atoms with E-state index in [0.29, 0.717) is 12.0 Å². The first-order chi connectivity index (χ1) is 9.78. The number of nitrogens with one attached hydrogen (secondary N) is 1. The van der Waals surface area contributed by atoms with Crippen LogP contribution in [0.5, 0.6) is 0 Å². The van der Waals surface area contributed by atoms with E-state index in [2.05, 4.69) is 5.32 Å².